The van der Waals surface area contributed by atoms with Crippen LogP contribution >= 0.6 is 0 Å². The summed E-state index contributed by atoms with van der Waals surface area (Å²) in [7, 11) is 0. The van der Waals surface area contributed by atoms with Crippen LogP contribution in [0.25, 0.3) is 0 Å². The molecule has 2 aromatic rings. The second kappa shape index (κ2) is 22.8. The molecule has 268 valence electrons. The van der Waals surface area contributed by atoms with Gasteiger partial charge in [-0.15, -0.1) is 0 Å². The highest BCUT2D eigenvalue weighted by Crippen LogP contribution is 2.30. The molecule has 3 rings (SSSR count). The van der Waals surface area contributed by atoms with Gasteiger partial charge in [0.15, 0.2) is 0 Å². The highest BCUT2D eigenvalue weighted by Gasteiger charge is 2.28. The van der Waals surface area contributed by atoms with Crippen LogP contribution in [-0.2, 0) is 35.0 Å². The van der Waals surface area contributed by atoms with Crippen molar-refractivity contribution < 1.29 is 42.9 Å². The van der Waals surface area contributed by atoms with Crippen LogP contribution in [0.2, 0.25) is 0 Å². The van der Waals surface area contributed by atoms with E-state index in [1.165, 1.54) is 24.3 Å². The van der Waals surface area contributed by atoms with E-state index in [9.17, 15) is 24.4 Å². The summed E-state index contributed by atoms with van der Waals surface area (Å²) in [5.41, 5.74) is 1.61. The van der Waals surface area contributed by atoms with Gasteiger partial charge in [0.1, 0.15) is 17.6 Å². The highest BCUT2D eigenvalue weighted by molar-refractivity contribution is 5.91. The molecule has 0 aromatic heterocycles. The SMILES string of the molecule is C=CC(=O)OCCCCCCCc1ccc(C(=O)Oc2ccc(OC(=O)C3CCC(OCCCCCCOC(=O)C=C)CC3)c(C#N)c2)cc1. The van der Waals surface area contributed by atoms with E-state index >= 15 is 0 Å². The first kappa shape index (κ1) is 39.7. The van der Waals surface area contributed by atoms with Crippen molar-refractivity contribution in [3.05, 3.63) is 84.5 Å². The third-order valence-electron chi connectivity index (χ3n) is 8.51. The minimum absolute atomic E-state index is 0.104. The standard InChI is InChI=1S/C40H49NO9/c1-3-37(42)47-26-12-7-5-6-10-14-30-15-17-31(18-16-30)39(44)49-35-23-24-36(33(28-35)29-41)50-40(45)32-19-21-34(22-20-32)46-25-11-8-9-13-27-48-38(43)4-2/h3-4,15-18,23-24,28,32,34H,1-2,5-14,19-22,25-27H2. The zero-order valence-electron chi connectivity index (χ0n) is 28.9. The summed E-state index contributed by atoms with van der Waals surface area (Å²) in [6.45, 7) is 8.22. The molecule has 10 nitrogen and oxygen atoms in total. The fraction of sp³-hybridized carbons (Fsp3) is 0.475. The highest BCUT2D eigenvalue weighted by atomic mass is 16.5. The summed E-state index contributed by atoms with van der Waals surface area (Å²) in [6, 6.07) is 13.7. The maximum atomic E-state index is 12.9. The van der Waals surface area contributed by atoms with Gasteiger partial charge in [0, 0.05) is 24.8 Å². The third kappa shape index (κ3) is 14.8. The number of hydrogen-bond donors (Lipinski definition) is 0. The number of ether oxygens (including phenoxy) is 5. The van der Waals surface area contributed by atoms with Crippen LogP contribution in [0, 0.1) is 17.2 Å². The van der Waals surface area contributed by atoms with Gasteiger partial charge in [-0.1, -0.05) is 51.0 Å². The number of hydrogen-bond acceptors (Lipinski definition) is 10. The molecule has 0 heterocycles. The molecule has 1 saturated carbocycles. The Labute approximate surface area is 295 Å². The largest absolute Gasteiger partial charge is 0.463 e. The molecule has 1 aliphatic carbocycles. The number of unbranched alkanes of at least 4 members (excludes halogenated alkanes) is 7. The molecular formula is C40H49NO9. The molecule has 0 saturated heterocycles. The molecule has 0 N–H and O–H groups in total. The van der Waals surface area contributed by atoms with Crippen LogP contribution in [0.5, 0.6) is 11.5 Å². The molecule has 1 aliphatic rings. The van der Waals surface area contributed by atoms with Crippen molar-refractivity contribution in [1.29, 1.82) is 5.26 Å². The number of rotatable bonds is 22. The van der Waals surface area contributed by atoms with Gasteiger partial charge >= 0.3 is 23.9 Å². The Balaban J connectivity index is 1.34. The van der Waals surface area contributed by atoms with Gasteiger partial charge in [-0.3, -0.25) is 4.79 Å². The van der Waals surface area contributed by atoms with Crippen molar-refractivity contribution in [3.8, 4) is 17.6 Å². The van der Waals surface area contributed by atoms with Crippen molar-refractivity contribution in [2.45, 2.75) is 96.0 Å². The van der Waals surface area contributed by atoms with Crippen molar-refractivity contribution in [2.75, 3.05) is 19.8 Å². The topological polar surface area (TPSA) is 138 Å². The van der Waals surface area contributed by atoms with Crippen LogP contribution in [0.1, 0.15) is 105 Å². The maximum absolute atomic E-state index is 12.9. The zero-order chi connectivity index (χ0) is 36.0. The van der Waals surface area contributed by atoms with E-state index < -0.39 is 11.9 Å². The molecule has 0 radical (unpaired) electrons. The predicted octanol–water partition coefficient (Wildman–Crippen LogP) is 7.77. The molecule has 1 fully saturated rings. The number of nitrogens with zero attached hydrogens (tertiary/aromatic N) is 1. The Morgan fingerprint density at radius 3 is 1.90 bits per heavy atom. The van der Waals surface area contributed by atoms with E-state index in [0.717, 1.165) is 88.7 Å². The minimum Gasteiger partial charge on any atom is -0.463 e. The number of esters is 4. The van der Waals surface area contributed by atoms with Gasteiger partial charge in [-0.05, 0) is 94.0 Å². The average molecular weight is 688 g/mol. The Morgan fingerprint density at radius 2 is 1.30 bits per heavy atom. The monoisotopic (exact) mass is 687 g/mol. The first-order valence-corrected chi connectivity index (χ1v) is 17.6. The van der Waals surface area contributed by atoms with E-state index in [-0.39, 0.29) is 41.0 Å². The normalized spacial score (nSPS) is 15.3. The Hall–Kier alpha value is -4.75. The van der Waals surface area contributed by atoms with Gasteiger partial charge in [0.05, 0.1) is 36.4 Å². The molecule has 0 aliphatic heterocycles. The lowest BCUT2D eigenvalue weighted by atomic mass is 9.87. The van der Waals surface area contributed by atoms with E-state index in [2.05, 4.69) is 13.2 Å². The molecule has 0 atom stereocenters. The lowest BCUT2D eigenvalue weighted by Gasteiger charge is -2.27. The summed E-state index contributed by atoms with van der Waals surface area (Å²) >= 11 is 0. The second-order valence-electron chi connectivity index (χ2n) is 12.3. The fourth-order valence-electron chi connectivity index (χ4n) is 5.61. The van der Waals surface area contributed by atoms with Gasteiger partial charge in [-0.2, -0.15) is 5.26 Å². The predicted molar refractivity (Wildman–Crippen MR) is 187 cm³/mol. The van der Waals surface area contributed by atoms with Crippen molar-refractivity contribution in [1.82, 2.24) is 0 Å². The zero-order valence-corrected chi connectivity index (χ0v) is 28.9. The van der Waals surface area contributed by atoms with Gasteiger partial charge in [0.2, 0.25) is 0 Å². The van der Waals surface area contributed by atoms with Gasteiger partial charge in [-0.25, -0.2) is 14.4 Å². The summed E-state index contributed by atoms with van der Waals surface area (Å²) in [5.74, 6) is -1.67. The summed E-state index contributed by atoms with van der Waals surface area (Å²) in [4.78, 5) is 47.8. The number of benzene rings is 2. The molecular weight excluding hydrogens is 638 g/mol. The smallest absolute Gasteiger partial charge is 0.343 e. The van der Waals surface area contributed by atoms with Gasteiger partial charge in [0.25, 0.3) is 0 Å². The first-order valence-electron chi connectivity index (χ1n) is 17.6. The quantitative estimate of drug-likeness (QED) is 0.0522. The minimum atomic E-state index is -0.548. The molecule has 0 amide bonds. The number of carbonyl (C=O) groups is 4. The number of carbonyl (C=O) groups excluding carboxylic acids is 4. The molecule has 50 heavy (non-hydrogen) atoms. The van der Waals surface area contributed by atoms with E-state index in [1.54, 1.807) is 12.1 Å². The molecule has 0 spiro atoms. The maximum Gasteiger partial charge on any atom is 0.343 e. The summed E-state index contributed by atoms with van der Waals surface area (Å²) in [6.07, 6.45) is 14.8. The average Bonchev–Trinajstić information content (AvgIpc) is 3.14. The molecule has 10 heteroatoms. The molecule has 0 bridgehead atoms. The van der Waals surface area contributed by atoms with E-state index in [1.807, 2.05) is 18.2 Å². The van der Waals surface area contributed by atoms with Gasteiger partial charge < -0.3 is 23.7 Å². The first-order chi connectivity index (χ1) is 24.3. The summed E-state index contributed by atoms with van der Waals surface area (Å²) in [5, 5.41) is 9.71. The molecule has 2 aromatic carbocycles. The third-order valence-corrected chi connectivity index (χ3v) is 8.51. The van der Waals surface area contributed by atoms with Crippen LogP contribution in [0.4, 0.5) is 0 Å². The van der Waals surface area contributed by atoms with Crippen LogP contribution < -0.4 is 9.47 Å². The Kier molecular flexibility index (Phi) is 18.1. The van der Waals surface area contributed by atoms with E-state index in [4.69, 9.17) is 23.7 Å². The van der Waals surface area contributed by atoms with Crippen LogP contribution in [-0.4, -0.2) is 49.8 Å². The van der Waals surface area contributed by atoms with Crippen LogP contribution in [0.15, 0.2) is 67.8 Å². The van der Waals surface area contributed by atoms with E-state index in [0.29, 0.717) is 38.2 Å². The second-order valence-corrected chi connectivity index (χ2v) is 12.3. The number of nitriles is 1. The number of aryl methyl sites for hydroxylation is 1. The lowest BCUT2D eigenvalue weighted by molar-refractivity contribution is -0.141. The Bertz CT molecular complexity index is 1450. The molecule has 0 unspecified atom stereocenters. The lowest BCUT2D eigenvalue weighted by Crippen LogP contribution is -2.29. The summed E-state index contributed by atoms with van der Waals surface area (Å²) < 4.78 is 27.1. The fourth-order valence-corrected chi connectivity index (χ4v) is 5.61. The van der Waals surface area contributed by atoms with Crippen molar-refractivity contribution >= 4 is 23.9 Å². The van der Waals surface area contributed by atoms with Crippen molar-refractivity contribution in [2.24, 2.45) is 5.92 Å². The van der Waals surface area contributed by atoms with Crippen molar-refractivity contribution in [3.63, 3.8) is 0 Å². The van der Waals surface area contributed by atoms with Crippen LogP contribution in [0.3, 0.4) is 0 Å². The Morgan fingerprint density at radius 1 is 0.720 bits per heavy atom.